The summed E-state index contributed by atoms with van der Waals surface area (Å²) in [6.07, 6.45) is 4.62. The molecule has 3 N–H and O–H groups in total. The molecule has 5 heteroatoms. The number of carbonyl (C=O) groups is 2. The Bertz CT molecular complexity index is 267. The maximum atomic E-state index is 11.5. The molecule has 0 aliphatic heterocycles. The van der Waals surface area contributed by atoms with E-state index in [1.54, 1.807) is 0 Å². The zero-order valence-electron chi connectivity index (χ0n) is 12.4. The SMILES string of the molecule is CC(C)CCC(C)NC(=O)NCCCCCC(=O)O. The number of carboxylic acids is 1. The summed E-state index contributed by atoms with van der Waals surface area (Å²) < 4.78 is 0. The highest BCUT2D eigenvalue weighted by molar-refractivity contribution is 5.74. The second-order valence-electron chi connectivity index (χ2n) is 5.48. The molecule has 0 bridgehead atoms. The molecule has 112 valence electrons. The molecule has 0 aromatic carbocycles. The van der Waals surface area contributed by atoms with Crippen LogP contribution in [0.15, 0.2) is 0 Å². The number of amides is 2. The summed E-state index contributed by atoms with van der Waals surface area (Å²) in [6, 6.07) is 0.0592. The first-order valence-electron chi connectivity index (χ1n) is 7.18. The van der Waals surface area contributed by atoms with Crippen LogP contribution in [0.4, 0.5) is 4.79 Å². The van der Waals surface area contributed by atoms with Gasteiger partial charge in [0.1, 0.15) is 0 Å². The summed E-state index contributed by atoms with van der Waals surface area (Å²) >= 11 is 0. The topological polar surface area (TPSA) is 78.4 Å². The van der Waals surface area contributed by atoms with Gasteiger partial charge in [-0.25, -0.2) is 4.79 Å². The summed E-state index contributed by atoms with van der Waals surface area (Å²) in [7, 11) is 0. The molecule has 0 aliphatic carbocycles. The lowest BCUT2D eigenvalue weighted by Crippen LogP contribution is -2.41. The van der Waals surface area contributed by atoms with Crippen LogP contribution in [-0.2, 0) is 4.79 Å². The Labute approximate surface area is 116 Å². The lowest BCUT2D eigenvalue weighted by molar-refractivity contribution is -0.137. The van der Waals surface area contributed by atoms with Crippen LogP contribution in [0.2, 0.25) is 0 Å². The van der Waals surface area contributed by atoms with Crippen LogP contribution in [0.3, 0.4) is 0 Å². The monoisotopic (exact) mass is 272 g/mol. The molecule has 1 unspecified atom stereocenters. The number of unbranched alkanes of at least 4 members (excludes halogenated alkanes) is 2. The number of nitrogens with one attached hydrogen (secondary N) is 2. The van der Waals surface area contributed by atoms with Crippen LogP contribution >= 0.6 is 0 Å². The van der Waals surface area contributed by atoms with Gasteiger partial charge in [0.15, 0.2) is 0 Å². The molecule has 1 atom stereocenters. The lowest BCUT2D eigenvalue weighted by atomic mass is 10.0. The number of carboxylic acid groups (broad SMARTS) is 1. The highest BCUT2D eigenvalue weighted by Gasteiger charge is 2.07. The van der Waals surface area contributed by atoms with Gasteiger partial charge in [0.25, 0.3) is 0 Å². The quantitative estimate of drug-likeness (QED) is 0.535. The number of hydrogen-bond acceptors (Lipinski definition) is 2. The van der Waals surface area contributed by atoms with Gasteiger partial charge >= 0.3 is 12.0 Å². The van der Waals surface area contributed by atoms with Gasteiger partial charge in [0.05, 0.1) is 0 Å². The fraction of sp³-hybridized carbons (Fsp3) is 0.857. The van der Waals surface area contributed by atoms with Crippen LogP contribution in [0.5, 0.6) is 0 Å². The molecule has 5 nitrogen and oxygen atoms in total. The van der Waals surface area contributed by atoms with E-state index in [2.05, 4.69) is 24.5 Å². The van der Waals surface area contributed by atoms with E-state index in [9.17, 15) is 9.59 Å². The van der Waals surface area contributed by atoms with E-state index >= 15 is 0 Å². The zero-order valence-corrected chi connectivity index (χ0v) is 12.4. The van der Waals surface area contributed by atoms with Gasteiger partial charge in [-0.2, -0.15) is 0 Å². The van der Waals surface area contributed by atoms with E-state index in [4.69, 9.17) is 5.11 Å². The fourth-order valence-electron chi connectivity index (χ4n) is 1.71. The third-order valence-electron chi connectivity index (χ3n) is 2.91. The highest BCUT2D eigenvalue weighted by atomic mass is 16.4. The molecule has 0 aliphatic rings. The summed E-state index contributed by atoms with van der Waals surface area (Å²) in [6.45, 7) is 6.95. The van der Waals surface area contributed by atoms with Crippen molar-refractivity contribution < 1.29 is 14.7 Å². The van der Waals surface area contributed by atoms with Crippen molar-refractivity contribution in [2.75, 3.05) is 6.54 Å². The second-order valence-corrected chi connectivity index (χ2v) is 5.48. The van der Waals surface area contributed by atoms with Crippen molar-refractivity contribution >= 4 is 12.0 Å². The van der Waals surface area contributed by atoms with Crippen molar-refractivity contribution in [3.8, 4) is 0 Å². The molecule has 0 aromatic heterocycles. The van der Waals surface area contributed by atoms with Gasteiger partial charge in [-0.1, -0.05) is 20.3 Å². The average molecular weight is 272 g/mol. The van der Waals surface area contributed by atoms with E-state index < -0.39 is 5.97 Å². The zero-order chi connectivity index (χ0) is 14.7. The lowest BCUT2D eigenvalue weighted by Gasteiger charge is -2.15. The number of aliphatic carboxylic acids is 1. The first-order valence-corrected chi connectivity index (χ1v) is 7.18. The van der Waals surface area contributed by atoms with E-state index in [1.165, 1.54) is 0 Å². The van der Waals surface area contributed by atoms with E-state index in [0.29, 0.717) is 18.9 Å². The van der Waals surface area contributed by atoms with Crippen molar-refractivity contribution in [1.29, 1.82) is 0 Å². The molecule has 0 fully saturated rings. The third-order valence-corrected chi connectivity index (χ3v) is 2.91. The van der Waals surface area contributed by atoms with Crippen LogP contribution in [0.1, 0.15) is 59.3 Å². The van der Waals surface area contributed by atoms with Crippen LogP contribution in [-0.4, -0.2) is 29.7 Å². The van der Waals surface area contributed by atoms with Gasteiger partial charge < -0.3 is 15.7 Å². The Kier molecular flexibility index (Phi) is 9.94. The Hall–Kier alpha value is -1.26. The van der Waals surface area contributed by atoms with Gasteiger partial charge in [-0.15, -0.1) is 0 Å². The minimum absolute atomic E-state index is 0.130. The molecule has 19 heavy (non-hydrogen) atoms. The third kappa shape index (κ3) is 13.0. The van der Waals surface area contributed by atoms with E-state index in [0.717, 1.165) is 25.7 Å². The van der Waals surface area contributed by atoms with Crippen LogP contribution in [0.25, 0.3) is 0 Å². The summed E-state index contributed by atoms with van der Waals surface area (Å²) in [5.74, 6) is -0.105. The van der Waals surface area contributed by atoms with Crippen molar-refractivity contribution in [3.63, 3.8) is 0 Å². The van der Waals surface area contributed by atoms with Gasteiger partial charge in [-0.05, 0) is 38.5 Å². The number of rotatable bonds is 10. The minimum Gasteiger partial charge on any atom is -0.481 e. The molecule has 0 rings (SSSR count). The molecule has 0 radical (unpaired) electrons. The smallest absolute Gasteiger partial charge is 0.314 e. The largest absolute Gasteiger partial charge is 0.481 e. The molecule has 0 saturated carbocycles. The van der Waals surface area contributed by atoms with Crippen molar-refractivity contribution in [1.82, 2.24) is 10.6 Å². The van der Waals surface area contributed by atoms with Crippen LogP contribution in [0, 0.1) is 5.92 Å². The molecule has 0 aromatic rings. The van der Waals surface area contributed by atoms with Crippen molar-refractivity contribution in [2.24, 2.45) is 5.92 Å². The standard InChI is InChI=1S/C14H28N2O3/c1-11(2)8-9-12(3)16-14(19)15-10-6-4-5-7-13(17)18/h11-12H,4-10H2,1-3H3,(H,17,18)(H2,15,16,19). The Morgan fingerprint density at radius 1 is 1.05 bits per heavy atom. The maximum absolute atomic E-state index is 11.5. The van der Waals surface area contributed by atoms with Gasteiger partial charge in [-0.3, -0.25) is 4.79 Å². The maximum Gasteiger partial charge on any atom is 0.314 e. The molecule has 0 heterocycles. The second kappa shape index (κ2) is 10.6. The van der Waals surface area contributed by atoms with Gasteiger partial charge in [0, 0.05) is 19.0 Å². The average Bonchev–Trinajstić information content (AvgIpc) is 2.30. The fourth-order valence-corrected chi connectivity index (χ4v) is 1.71. The number of urea groups is 1. The van der Waals surface area contributed by atoms with Crippen molar-refractivity contribution in [3.05, 3.63) is 0 Å². The first-order chi connectivity index (χ1) is 8.91. The summed E-state index contributed by atoms with van der Waals surface area (Å²) in [5, 5.41) is 14.2. The summed E-state index contributed by atoms with van der Waals surface area (Å²) in [5.41, 5.74) is 0. The highest BCUT2D eigenvalue weighted by Crippen LogP contribution is 2.06. The number of carbonyl (C=O) groups excluding carboxylic acids is 1. The summed E-state index contributed by atoms with van der Waals surface area (Å²) in [4.78, 5) is 21.8. The molecule has 0 spiro atoms. The minimum atomic E-state index is -0.760. The Balaban J connectivity index is 3.45. The number of hydrogen-bond donors (Lipinski definition) is 3. The first kappa shape index (κ1) is 17.7. The molecular formula is C14H28N2O3. The molecular weight excluding hydrogens is 244 g/mol. The van der Waals surface area contributed by atoms with Crippen molar-refractivity contribution in [2.45, 2.75) is 65.3 Å². The van der Waals surface area contributed by atoms with Crippen LogP contribution < -0.4 is 10.6 Å². The normalized spacial score (nSPS) is 12.2. The predicted octanol–water partition coefficient (Wildman–Crippen LogP) is 2.76. The Morgan fingerprint density at radius 3 is 2.32 bits per heavy atom. The molecule has 0 saturated heterocycles. The Morgan fingerprint density at radius 2 is 1.74 bits per heavy atom. The van der Waals surface area contributed by atoms with E-state index in [1.807, 2.05) is 6.92 Å². The van der Waals surface area contributed by atoms with E-state index in [-0.39, 0.29) is 18.5 Å². The predicted molar refractivity (Wildman–Crippen MR) is 76.2 cm³/mol. The van der Waals surface area contributed by atoms with Gasteiger partial charge in [0.2, 0.25) is 0 Å². The molecule has 2 amide bonds.